The van der Waals surface area contributed by atoms with Crippen molar-refractivity contribution < 1.29 is 4.74 Å². The number of benzene rings is 1. The first-order valence-electron chi connectivity index (χ1n) is 6.90. The number of methoxy groups -OCH3 is 1. The van der Waals surface area contributed by atoms with Crippen LogP contribution in [0.4, 0.5) is 0 Å². The summed E-state index contributed by atoms with van der Waals surface area (Å²) in [4.78, 5) is 9.04. The summed E-state index contributed by atoms with van der Waals surface area (Å²) in [6.07, 6.45) is 1.85. The van der Waals surface area contributed by atoms with Crippen LogP contribution in [0.1, 0.15) is 30.8 Å². The summed E-state index contributed by atoms with van der Waals surface area (Å²) in [5.41, 5.74) is 6.12. The van der Waals surface area contributed by atoms with E-state index in [1.54, 1.807) is 7.11 Å². The molecular weight excluding hydrogens is 250 g/mol. The average molecular weight is 271 g/mol. The van der Waals surface area contributed by atoms with Crippen LogP contribution in [0.2, 0.25) is 0 Å². The van der Waals surface area contributed by atoms with E-state index in [0.29, 0.717) is 0 Å². The van der Waals surface area contributed by atoms with Crippen molar-refractivity contribution >= 4 is 16.6 Å². The predicted octanol–water partition coefficient (Wildman–Crippen LogP) is 3.84. The molecule has 0 unspecified atom stereocenters. The molecule has 0 saturated carbocycles. The first-order chi connectivity index (χ1) is 9.61. The van der Waals surface area contributed by atoms with Crippen LogP contribution in [0, 0.1) is 20.8 Å². The Morgan fingerprint density at radius 2 is 1.75 bits per heavy atom. The van der Waals surface area contributed by atoms with Crippen molar-refractivity contribution in [1.29, 1.82) is 0 Å². The molecule has 0 amide bonds. The predicted molar refractivity (Wildman–Crippen MR) is 82.6 cm³/mol. The fraction of sp³-hybridized carbons (Fsp3) is 0.375. The van der Waals surface area contributed by atoms with Crippen molar-refractivity contribution in [2.24, 2.45) is 0 Å². The van der Waals surface area contributed by atoms with Crippen molar-refractivity contribution in [2.45, 2.75) is 34.6 Å². The molecule has 4 heteroatoms. The topological polar surface area (TPSA) is 39.4 Å². The normalized spacial score (nSPS) is 10.5. The second kappa shape index (κ2) is 5.49. The quantitative estimate of drug-likeness (QED) is 0.675. The number of rotatable bonds is 1. The molecule has 0 saturated heterocycles. The molecule has 2 heterocycles. The Bertz CT molecular complexity index is 759. The molecule has 0 bridgehead atoms. The molecule has 0 atom stereocenters. The highest BCUT2D eigenvalue weighted by molar-refractivity contribution is 5.86. The number of imidazole rings is 1. The first kappa shape index (κ1) is 14.3. The first-order valence-corrected chi connectivity index (χ1v) is 6.90. The molecule has 0 aliphatic heterocycles. The lowest BCUT2D eigenvalue weighted by Gasteiger charge is -2.10. The molecule has 0 radical (unpaired) electrons. The zero-order valence-corrected chi connectivity index (χ0v) is 13.0. The average Bonchev–Trinajstić information content (AvgIpc) is 2.84. The van der Waals surface area contributed by atoms with Crippen molar-refractivity contribution in [1.82, 2.24) is 14.4 Å². The van der Waals surface area contributed by atoms with Crippen molar-refractivity contribution in [3.8, 4) is 5.75 Å². The molecule has 0 N–H and O–H groups in total. The van der Waals surface area contributed by atoms with Crippen LogP contribution in [0.25, 0.3) is 16.6 Å². The van der Waals surface area contributed by atoms with Gasteiger partial charge in [-0.15, -0.1) is 0 Å². The fourth-order valence-electron chi connectivity index (χ4n) is 2.46. The van der Waals surface area contributed by atoms with E-state index >= 15 is 0 Å². The maximum Gasteiger partial charge on any atom is 0.146 e. The van der Waals surface area contributed by atoms with Gasteiger partial charge in [-0.1, -0.05) is 13.8 Å². The van der Waals surface area contributed by atoms with E-state index < -0.39 is 0 Å². The maximum absolute atomic E-state index is 5.42. The number of aryl methyl sites for hydroxylation is 3. The summed E-state index contributed by atoms with van der Waals surface area (Å²) in [5, 5.41) is 0. The van der Waals surface area contributed by atoms with Gasteiger partial charge < -0.3 is 4.74 Å². The van der Waals surface area contributed by atoms with Crippen LogP contribution in [-0.2, 0) is 0 Å². The number of aromatic nitrogens is 3. The van der Waals surface area contributed by atoms with Gasteiger partial charge in [0.15, 0.2) is 0 Å². The van der Waals surface area contributed by atoms with E-state index in [0.717, 1.165) is 39.3 Å². The van der Waals surface area contributed by atoms with E-state index in [4.69, 9.17) is 4.74 Å². The SMILES string of the molecule is CC.COc1cc(C)cc2c1nc(C)c1c(C)ncn12. The summed E-state index contributed by atoms with van der Waals surface area (Å²) < 4.78 is 7.51. The zero-order chi connectivity index (χ0) is 14.9. The molecular formula is C16H21N3O. The number of ether oxygens (including phenoxy) is 1. The zero-order valence-electron chi connectivity index (χ0n) is 13.0. The number of nitrogens with zero attached hydrogens (tertiary/aromatic N) is 3. The van der Waals surface area contributed by atoms with Crippen molar-refractivity contribution in [3.05, 3.63) is 35.4 Å². The van der Waals surface area contributed by atoms with E-state index in [2.05, 4.69) is 27.4 Å². The molecule has 20 heavy (non-hydrogen) atoms. The molecule has 0 aliphatic carbocycles. The molecule has 0 spiro atoms. The number of hydrogen-bond acceptors (Lipinski definition) is 3. The molecule has 1 aromatic carbocycles. The van der Waals surface area contributed by atoms with Gasteiger partial charge in [0.2, 0.25) is 0 Å². The summed E-state index contributed by atoms with van der Waals surface area (Å²) >= 11 is 0. The molecule has 3 aromatic rings. The Kier molecular flexibility index (Phi) is 3.93. The van der Waals surface area contributed by atoms with Gasteiger partial charge in [-0.05, 0) is 38.5 Å². The van der Waals surface area contributed by atoms with Gasteiger partial charge in [-0.25, -0.2) is 9.97 Å². The van der Waals surface area contributed by atoms with E-state index in [1.807, 2.05) is 40.1 Å². The van der Waals surface area contributed by atoms with Gasteiger partial charge in [-0.2, -0.15) is 0 Å². The summed E-state index contributed by atoms with van der Waals surface area (Å²) in [7, 11) is 1.68. The molecule has 4 nitrogen and oxygen atoms in total. The third kappa shape index (κ3) is 2.11. The van der Waals surface area contributed by atoms with Gasteiger partial charge >= 0.3 is 0 Å². The Hall–Kier alpha value is -2.10. The highest BCUT2D eigenvalue weighted by Crippen LogP contribution is 2.28. The van der Waals surface area contributed by atoms with Crippen LogP contribution < -0.4 is 4.74 Å². The van der Waals surface area contributed by atoms with Crippen LogP contribution in [0.3, 0.4) is 0 Å². The van der Waals surface area contributed by atoms with Gasteiger partial charge in [0.05, 0.1) is 29.5 Å². The second-order valence-electron chi connectivity index (χ2n) is 4.58. The fourth-order valence-corrected chi connectivity index (χ4v) is 2.46. The van der Waals surface area contributed by atoms with Crippen LogP contribution in [-0.4, -0.2) is 21.5 Å². The van der Waals surface area contributed by atoms with E-state index in [9.17, 15) is 0 Å². The Morgan fingerprint density at radius 3 is 2.40 bits per heavy atom. The van der Waals surface area contributed by atoms with Gasteiger partial charge in [0.1, 0.15) is 17.6 Å². The molecule has 106 valence electrons. The summed E-state index contributed by atoms with van der Waals surface area (Å²) in [6, 6.07) is 4.11. The highest BCUT2D eigenvalue weighted by atomic mass is 16.5. The minimum absolute atomic E-state index is 0.807. The standard InChI is InChI=1S/C14H15N3O.C2H6/c1-8-5-11-13(12(6-8)18-4)16-10(3)14-9(2)15-7-17(11)14;1-2/h5-7H,1-4H3;1-2H3. The van der Waals surface area contributed by atoms with Gasteiger partial charge in [0.25, 0.3) is 0 Å². The Balaban J connectivity index is 0.000000704. The Labute approximate surface area is 119 Å². The van der Waals surface area contributed by atoms with E-state index in [1.165, 1.54) is 0 Å². The lowest BCUT2D eigenvalue weighted by atomic mass is 10.2. The van der Waals surface area contributed by atoms with Crippen LogP contribution in [0.5, 0.6) is 5.75 Å². The monoisotopic (exact) mass is 271 g/mol. The number of fused-ring (bicyclic) bond motifs is 3. The van der Waals surface area contributed by atoms with Crippen molar-refractivity contribution in [2.75, 3.05) is 7.11 Å². The minimum Gasteiger partial charge on any atom is -0.494 e. The number of hydrogen-bond donors (Lipinski definition) is 0. The second-order valence-corrected chi connectivity index (χ2v) is 4.58. The molecule has 0 fully saturated rings. The lowest BCUT2D eigenvalue weighted by molar-refractivity contribution is 0.418. The van der Waals surface area contributed by atoms with Gasteiger partial charge in [0, 0.05) is 0 Å². The minimum atomic E-state index is 0.807. The highest BCUT2D eigenvalue weighted by Gasteiger charge is 2.12. The molecule has 2 aromatic heterocycles. The van der Waals surface area contributed by atoms with E-state index in [-0.39, 0.29) is 0 Å². The maximum atomic E-state index is 5.42. The molecule has 0 aliphatic rings. The summed E-state index contributed by atoms with van der Waals surface area (Å²) in [6.45, 7) is 10.1. The largest absolute Gasteiger partial charge is 0.494 e. The third-order valence-corrected chi connectivity index (χ3v) is 3.25. The van der Waals surface area contributed by atoms with Crippen molar-refractivity contribution in [3.63, 3.8) is 0 Å². The summed E-state index contributed by atoms with van der Waals surface area (Å²) in [5.74, 6) is 0.807. The molecule has 3 rings (SSSR count). The third-order valence-electron chi connectivity index (χ3n) is 3.25. The van der Waals surface area contributed by atoms with Crippen LogP contribution in [0.15, 0.2) is 18.5 Å². The smallest absolute Gasteiger partial charge is 0.146 e. The van der Waals surface area contributed by atoms with Gasteiger partial charge in [-0.3, -0.25) is 4.40 Å². The van der Waals surface area contributed by atoms with Crippen LogP contribution >= 0.6 is 0 Å². The lowest BCUT2D eigenvalue weighted by Crippen LogP contribution is -1.98. The Morgan fingerprint density at radius 1 is 1.05 bits per heavy atom.